The number of hydrogen-bond donors (Lipinski definition) is 1. The van der Waals surface area contributed by atoms with Gasteiger partial charge in [0.15, 0.2) is 0 Å². The van der Waals surface area contributed by atoms with Gasteiger partial charge in [-0.15, -0.1) is 0 Å². The topological polar surface area (TPSA) is 49.4 Å². The zero-order chi connectivity index (χ0) is 10.0. The summed E-state index contributed by atoms with van der Waals surface area (Å²) in [5, 5.41) is 2.70. The summed E-state index contributed by atoms with van der Waals surface area (Å²) in [6.07, 6.45) is 0.661. The average molecular weight is 184 g/mol. The lowest BCUT2D eigenvalue weighted by Crippen LogP contribution is -2.61. The van der Waals surface area contributed by atoms with Crippen LogP contribution in [0.4, 0.5) is 0 Å². The quantitative estimate of drug-likeness (QED) is 0.663. The van der Waals surface area contributed by atoms with Crippen LogP contribution in [0, 0.1) is 0 Å². The molecule has 0 spiro atoms. The molecule has 0 radical (unpaired) electrons. The normalized spacial score (nSPS) is 29.0. The molecule has 4 heteroatoms. The van der Waals surface area contributed by atoms with Crippen LogP contribution >= 0.6 is 0 Å². The van der Waals surface area contributed by atoms with E-state index in [1.54, 1.807) is 11.8 Å². The van der Waals surface area contributed by atoms with Crippen molar-refractivity contribution in [3.05, 3.63) is 0 Å². The molecular weight excluding hydrogens is 168 g/mol. The Morgan fingerprint density at radius 1 is 1.38 bits per heavy atom. The number of likely N-dealkylation sites (N-methyl/N-ethyl adjacent to an activating group) is 1. The van der Waals surface area contributed by atoms with E-state index >= 15 is 0 Å². The van der Waals surface area contributed by atoms with Crippen molar-refractivity contribution in [2.45, 2.75) is 39.3 Å². The number of rotatable bonds is 2. The third kappa shape index (κ3) is 1.66. The highest BCUT2D eigenvalue weighted by molar-refractivity contribution is 5.96. The van der Waals surface area contributed by atoms with Gasteiger partial charge in [-0.3, -0.25) is 9.59 Å². The van der Waals surface area contributed by atoms with Crippen molar-refractivity contribution in [1.29, 1.82) is 0 Å². The molecule has 0 aromatic heterocycles. The molecule has 4 nitrogen and oxygen atoms in total. The van der Waals surface area contributed by atoms with E-state index in [1.807, 2.05) is 13.8 Å². The monoisotopic (exact) mass is 184 g/mol. The molecular formula is C9H16N2O2. The Morgan fingerprint density at radius 3 is 2.46 bits per heavy atom. The summed E-state index contributed by atoms with van der Waals surface area (Å²) in [5.41, 5.74) is 0. The molecule has 1 aliphatic heterocycles. The van der Waals surface area contributed by atoms with Gasteiger partial charge in [-0.2, -0.15) is 0 Å². The summed E-state index contributed by atoms with van der Waals surface area (Å²) in [5.74, 6) is -0.00889. The Kier molecular flexibility index (Phi) is 2.90. The van der Waals surface area contributed by atoms with Crippen molar-refractivity contribution in [2.24, 2.45) is 0 Å². The predicted octanol–water partition coefficient (Wildman–Crippen LogP) is 0.132. The van der Waals surface area contributed by atoms with E-state index in [2.05, 4.69) is 5.32 Å². The number of carbonyl (C=O) groups excluding carboxylic acids is 2. The largest absolute Gasteiger partial charge is 0.343 e. The highest BCUT2D eigenvalue weighted by Gasteiger charge is 2.35. The number of piperazine rings is 1. The van der Waals surface area contributed by atoms with E-state index in [0.717, 1.165) is 0 Å². The summed E-state index contributed by atoms with van der Waals surface area (Å²) >= 11 is 0. The minimum atomic E-state index is -0.319. The average Bonchev–Trinajstić information content (AvgIpc) is 2.12. The van der Waals surface area contributed by atoms with Gasteiger partial charge in [0.1, 0.15) is 12.1 Å². The van der Waals surface area contributed by atoms with E-state index in [-0.39, 0.29) is 23.9 Å². The lowest BCUT2D eigenvalue weighted by atomic mass is 10.1. The molecule has 1 heterocycles. The van der Waals surface area contributed by atoms with Gasteiger partial charge < -0.3 is 10.2 Å². The molecule has 0 aromatic carbocycles. The molecule has 1 fully saturated rings. The van der Waals surface area contributed by atoms with Gasteiger partial charge in [-0.25, -0.2) is 0 Å². The van der Waals surface area contributed by atoms with Gasteiger partial charge in [0.05, 0.1) is 0 Å². The summed E-state index contributed by atoms with van der Waals surface area (Å²) in [4.78, 5) is 24.6. The number of amides is 2. The van der Waals surface area contributed by atoms with Crippen LogP contribution in [-0.4, -0.2) is 35.3 Å². The summed E-state index contributed by atoms with van der Waals surface area (Å²) in [7, 11) is 0. The van der Waals surface area contributed by atoms with Crippen LogP contribution in [0.25, 0.3) is 0 Å². The molecule has 74 valence electrons. The Hall–Kier alpha value is -1.06. The Bertz CT molecular complexity index is 228. The molecule has 0 saturated carbocycles. The molecule has 1 saturated heterocycles. The SMILES string of the molecule is CCC1NC(=O)C(C)N(CC)C1=O. The molecule has 1 rings (SSSR count). The van der Waals surface area contributed by atoms with Crippen molar-refractivity contribution in [3.8, 4) is 0 Å². The fourth-order valence-corrected chi connectivity index (χ4v) is 1.59. The third-order valence-electron chi connectivity index (χ3n) is 2.49. The van der Waals surface area contributed by atoms with Gasteiger partial charge in [0.25, 0.3) is 0 Å². The highest BCUT2D eigenvalue weighted by Crippen LogP contribution is 2.10. The predicted molar refractivity (Wildman–Crippen MR) is 49.1 cm³/mol. The molecule has 2 unspecified atom stereocenters. The number of nitrogens with one attached hydrogen (secondary N) is 1. The molecule has 1 N–H and O–H groups in total. The molecule has 2 atom stereocenters. The highest BCUT2D eigenvalue weighted by atomic mass is 16.2. The second kappa shape index (κ2) is 3.77. The van der Waals surface area contributed by atoms with Crippen LogP contribution < -0.4 is 5.32 Å². The van der Waals surface area contributed by atoms with Gasteiger partial charge in [-0.1, -0.05) is 6.92 Å². The van der Waals surface area contributed by atoms with Gasteiger partial charge in [0.2, 0.25) is 11.8 Å². The minimum absolute atomic E-state index is 0.0390. The molecule has 0 aliphatic carbocycles. The van der Waals surface area contributed by atoms with Crippen LogP contribution in [0.15, 0.2) is 0 Å². The smallest absolute Gasteiger partial charge is 0.245 e. The van der Waals surface area contributed by atoms with Crippen molar-refractivity contribution in [1.82, 2.24) is 10.2 Å². The molecule has 0 aromatic rings. The molecule has 13 heavy (non-hydrogen) atoms. The van der Waals surface area contributed by atoms with Crippen molar-refractivity contribution >= 4 is 11.8 Å². The van der Waals surface area contributed by atoms with Crippen LogP contribution in [0.2, 0.25) is 0 Å². The number of carbonyl (C=O) groups is 2. The summed E-state index contributed by atoms with van der Waals surface area (Å²) in [6.45, 7) is 6.14. The minimum Gasteiger partial charge on any atom is -0.343 e. The summed E-state index contributed by atoms with van der Waals surface area (Å²) in [6, 6.07) is -0.635. The number of hydrogen-bond acceptors (Lipinski definition) is 2. The molecule has 1 aliphatic rings. The van der Waals surface area contributed by atoms with Crippen molar-refractivity contribution in [2.75, 3.05) is 6.54 Å². The van der Waals surface area contributed by atoms with Crippen LogP contribution in [0.5, 0.6) is 0 Å². The first-order valence-electron chi connectivity index (χ1n) is 4.72. The standard InChI is InChI=1S/C9H16N2O2/c1-4-7-9(13)11(5-2)6(3)8(12)10-7/h6-7H,4-5H2,1-3H3,(H,10,12). The first-order valence-corrected chi connectivity index (χ1v) is 4.72. The maximum atomic E-state index is 11.7. The van der Waals surface area contributed by atoms with Crippen molar-refractivity contribution < 1.29 is 9.59 Å². The van der Waals surface area contributed by atoms with Crippen molar-refractivity contribution in [3.63, 3.8) is 0 Å². The molecule has 0 bridgehead atoms. The van der Waals surface area contributed by atoms with E-state index in [0.29, 0.717) is 13.0 Å². The first kappa shape index (κ1) is 10.0. The van der Waals surface area contributed by atoms with Crippen LogP contribution in [0.1, 0.15) is 27.2 Å². The second-order valence-corrected chi connectivity index (χ2v) is 3.27. The third-order valence-corrected chi connectivity index (χ3v) is 2.49. The lowest BCUT2D eigenvalue weighted by Gasteiger charge is -2.36. The maximum absolute atomic E-state index is 11.7. The lowest BCUT2D eigenvalue weighted by molar-refractivity contribution is -0.148. The second-order valence-electron chi connectivity index (χ2n) is 3.27. The summed E-state index contributed by atoms with van der Waals surface area (Å²) < 4.78 is 0. The molecule has 2 amide bonds. The van der Waals surface area contributed by atoms with E-state index in [4.69, 9.17) is 0 Å². The van der Waals surface area contributed by atoms with E-state index in [1.165, 1.54) is 0 Å². The van der Waals surface area contributed by atoms with E-state index in [9.17, 15) is 9.59 Å². The fraction of sp³-hybridized carbons (Fsp3) is 0.778. The Morgan fingerprint density at radius 2 is 2.00 bits per heavy atom. The Labute approximate surface area is 78.3 Å². The Balaban J connectivity index is 2.81. The maximum Gasteiger partial charge on any atom is 0.245 e. The zero-order valence-electron chi connectivity index (χ0n) is 8.33. The van der Waals surface area contributed by atoms with Crippen LogP contribution in [-0.2, 0) is 9.59 Å². The van der Waals surface area contributed by atoms with Gasteiger partial charge in [-0.05, 0) is 20.3 Å². The zero-order valence-corrected chi connectivity index (χ0v) is 8.33. The fourth-order valence-electron chi connectivity index (χ4n) is 1.59. The van der Waals surface area contributed by atoms with Gasteiger partial charge >= 0.3 is 0 Å². The number of nitrogens with zero attached hydrogens (tertiary/aromatic N) is 1. The van der Waals surface area contributed by atoms with Crippen LogP contribution in [0.3, 0.4) is 0 Å². The van der Waals surface area contributed by atoms with E-state index < -0.39 is 0 Å². The van der Waals surface area contributed by atoms with Gasteiger partial charge in [0, 0.05) is 6.54 Å². The first-order chi connectivity index (χ1) is 6.11.